The van der Waals surface area contributed by atoms with E-state index in [-0.39, 0.29) is 16.7 Å². The third-order valence-electron chi connectivity index (χ3n) is 15.7. The van der Waals surface area contributed by atoms with E-state index in [9.17, 15) is 13.2 Å². The van der Waals surface area contributed by atoms with Gasteiger partial charge < -0.3 is 50.5 Å². The molecule has 0 aromatic carbocycles. The van der Waals surface area contributed by atoms with Crippen molar-refractivity contribution in [3.63, 3.8) is 0 Å². The predicted molar refractivity (Wildman–Crippen MR) is 287 cm³/mol. The van der Waals surface area contributed by atoms with Gasteiger partial charge in [-0.15, -0.1) is 0 Å². The summed E-state index contributed by atoms with van der Waals surface area (Å²) in [5.41, 5.74) is 6.81. The number of hydrogen-bond acceptors (Lipinski definition) is 14. The number of likely N-dealkylation sites (tertiary alicyclic amines) is 2. The van der Waals surface area contributed by atoms with Crippen LogP contribution in [0.4, 0.5) is 0 Å². The zero-order valence-corrected chi connectivity index (χ0v) is 48.0. The smallest absolute Gasteiger partial charge is 0.225 e. The number of carbonyl (C=O) groups is 1. The van der Waals surface area contributed by atoms with E-state index in [1.165, 1.54) is 72.0 Å². The van der Waals surface area contributed by atoms with Crippen molar-refractivity contribution >= 4 is 15.9 Å². The van der Waals surface area contributed by atoms with E-state index >= 15 is 0 Å². The van der Waals surface area contributed by atoms with Crippen LogP contribution in [0.25, 0.3) is 0 Å². The van der Waals surface area contributed by atoms with E-state index in [1.807, 2.05) is 25.8 Å². The number of sulfonamides is 1. The van der Waals surface area contributed by atoms with E-state index in [0.717, 1.165) is 95.3 Å². The molecule has 4 atom stereocenters. The Labute approximate surface area is 424 Å². The average molecular weight is 998 g/mol. The number of nitrogens with one attached hydrogen (secondary N) is 2. The molecule has 4 unspecified atom stereocenters. The highest BCUT2D eigenvalue weighted by atomic mass is 32.2. The molecule has 406 valence electrons. The van der Waals surface area contributed by atoms with Crippen LogP contribution in [0.15, 0.2) is 0 Å². The third kappa shape index (κ3) is 19.3. The van der Waals surface area contributed by atoms with Gasteiger partial charge in [0.15, 0.2) is 0 Å². The second kappa shape index (κ2) is 27.5. The number of morpholine rings is 2. The molecule has 8 heterocycles. The third-order valence-corrected chi connectivity index (χ3v) is 18.0. The van der Waals surface area contributed by atoms with E-state index in [2.05, 4.69) is 121 Å². The van der Waals surface area contributed by atoms with Crippen molar-refractivity contribution in [2.75, 3.05) is 172 Å². The standard InChI is InChI=1S/C10H20N2O.C9H18N2O.C9H20N2.C8H18N2O2S.2C8H16N2/c1-10(2,3)12-6-8-4-11-5-9(7-12)13-8;1-8(2)9(12)11-6-4-10(3)5-7-11;1-9(2)8-11-6-4-10(3)5-7-11;1-8(2)13(11,12)10-6-4-9(3)5-7-10;1-7(2)10-5-8(6-10)3-9-4-8;1-5(2)10-3-6-7(4-10)8(6)9/h8-9,11H,4-7H2,1-3H3;8H,4-7H2,1-3H3;9H,4-8H2,1-3H3;8H,4-7H2,1-3H3;7,9H,3-6H2,1-2H3;5-8H,3-4,9H2,1-2H3. The molecule has 9 fully saturated rings. The van der Waals surface area contributed by atoms with Gasteiger partial charge in [0.2, 0.25) is 15.9 Å². The number of piperidine rings is 1. The van der Waals surface area contributed by atoms with Crippen LogP contribution in [0.1, 0.15) is 90.0 Å². The number of piperazine rings is 3. The summed E-state index contributed by atoms with van der Waals surface area (Å²) in [5, 5.41) is 6.45. The highest BCUT2D eigenvalue weighted by Crippen LogP contribution is 2.44. The molecule has 1 saturated carbocycles. The Kier molecular flexibility index (Phi) is 24.1. The first kappa shape index (κ1) is 60.5. The Morgan fingerprint density at radius 2 is 1.10 bits per heavy atom. The lowest BCUT2D eigenvalue weighted by atomic mass is 9.74. The van der Waals surface area contributed by atoms with Crippen LogP contribution in [-0.4, -0.2) is 271 Å². The Balaban J connectivity index is 0.000000181. The highest BCUT2D eigenvalue weighted by Gasteiger charge is 2.53. The van der Waals surface area contributed by atoms with E-state index in [0.29, 0.717) is 42.7 Å². The summed E-state index contributed by atoms with van der Waals surface area (Å²) in [5.74, 6) is 2.96. The summed E-state index contributed by atoms with van der Waals surface area (Å²) in [7, 11) is 3.29. The molecule has 1 amide bonds. The number of likely N-dealkylation sites (N-methyl/N-ethyl adjacent to an activating group) is 3. The van der Waals surface area contributed by atoms with Crippen LogP contribution in [0.2, 0.25) is 0 Å². The second-order valence-corrected chi connectivity index (χ2v) is 27.2. The molecule has 16 nitrogen and oxygen atoms in total. The van der Waals surface area contributed by atoms with E-state index < -0.39 is 10.0 Å². The topological polar surface area (TPSA) is 140 Å². The number of nitrogens with zero attached hydrogens (tertiary/aromatic N) is 9. The van der Waals surface area contributed by atoms with Crippen LogP contribution in [0.3, 0.4) is 0 Å². The van der Waals surface area contributed by atoms with Crippen LogP contribution in [0.5, 0.6) is 0 Å². The Hall–Kier alpha value is -1.06. The molecule has 9 aliphatic rings. The molecular weight excluding hydrogens is 889 g/mol. The molecule has 1 aliphatic carbocycles. The zero-order chi connectivity index (χ0) is 51.4. The molecule has 8 saturated heterocycles. The molecule has 1 spiro atoms. The van der Waals surface area contributed by atoms with Crippen molar-refractivity contribution in [3.8, 4) is 0 Å². The first-order valence-corrected chi connectivity index (χ1v) is 28.8. The lowest BCUT2D eigenvalue weighted by molar-refractivity contribution is -0.136. The summed E-state index contributed by atoms with van der Waals surface area (Å²) < 4.78 is 30.8. The van der Waals surface area contributed by atoms with Gasteiger partial charge in [-0.25, -0.2) is 8.42 Å². The lowest BCUT2D eigenvalue weighted by Gasteiger charge is -2.57. The Morgan fingerprint density at radius 3 is 1.48 bits per heavy atom. The minimum atomic E-state index is -3.02. The molecule has 8 aliphatic heterocycles. The van der Waals surface area contributed by atoms with Gasteiger partial charge in [0.25, 0.3) is 0 Å². The van der Waals surface area contributed by atoms with Crippen molar-refractivity contribution in [3.05, 3.63) is 0 Å². The molecule has 0 aromatic heterocycles. The lowest BCUT2D eigenvalue weighted by Crippen LogP contribution is -2.72. The number of ether oxygens (including phenoxy) is 1. The molecule has 9 rings (SSSR count). The monoisotopic (exact) mass is 997 g/mol. The van der Waals surface area contributed by atoms with Crippen molar-refractivity contribution in [1.29, 1.82) is 0 Å². The molecule has 2 bridgehead atoms. The molecule has 17 heteroatoms. The number of rotatable bonds is 7. The molecular formula is C52H108N12O4S. The largest absolute Gasteiger partial charge is 0.370 e. The van der Waals surface area contributed by atoms with Gasteiger partial charge in [-0.05, 0) is 101 Å². The quantitative estimate of drug-likeness (QED) is 0.344. The number of carbonyl (C=O) groups excluding carboxylic acids is 1. The summed E-state index contributed by atoms with van der Waals surface area (Å²) in [4.78, 5) is 30.4. The van der Waals surface area contributed by atoms with Gasteiger partial charge >= 0.3 is 0 Å². The minimum Gasteiger partial charge on any atom is -0.370 e. The normalized spacial score (nSPS) is 29.3. The fourth-order valence-corrected chi connectivity index (χ4v) is 11.6. The molecule has 4 N–H and O–H groups in total. The van der Waals surface area contributed by atoms with Gasteiger partial charge in [0.1, 0.15) is 0 Å². The number of amides is 1. The molecule has 0 aromatic rings. The van der Waals surface area contributed by atoms with Crippen molar-refractivity contribution in [2.45, 2.75) is 131 Å². The van der Waals surface area contributed by atoms with Crippen molar-refractivity contribution < 1.29 is 17.9 Å². The van der Waals surface area contributed by atoms with Crippen molar-refractivity contribution in [1.82, 2.24) is 54.1 Å². The van der Waals surface area contributed by atoms with Gasteiger partial charge in [-0.1, -0.05) is 27.7 Å². The average Bonchev–Trinajstić information content (AvgIpc) is 3.59. The summed E-state index contributed by atoms with van der Waals surface area (Å²) in [6.45, 7) is 52.8. The molecule has 0 radical (unpaired) electrons. The van der Waals surface area contributed by atoms with Gasteiger partial charge in [-0.3, -0.25) is 14.6 Å². The number of fused-ring (bicyclic) bond motifs is 3. The maximum absolute atomic E-state index is 11.7. The van der Waals surface area contributed by atoms with Crippen LogP contribution in [0, 0.1) is 29.1 Å². The highest BCUT2D eigenvalue weighted by molar-refractivity contribution is 7.89. The Morgan fingerprint density at radius 1 is 0.652 bits per heavy atom. The summed E-state index contributed by atoms with van der Waals surface area (Å²) >= 11 is 0. The van der Waals surface area contributed by atoms with Gasteiger partial charge in [0.05, 0.1) is 17.5 Å². The first-order valence-electron chi connectivity index (χ1n) is 27.3. The minimum absolute atomic E-state index is 0.147. The summed E-state index contributed by atoms with van der Waals surface area (Å²) in [6.07, 6.45) is 0.818. The van der Waals surface area contributed by atoms with Crippen LogP contribution >= 0.6 is 0 Å². The number of hydrogen-bond donors (Lipinski definition) is 3. The summed E-state index contributed by atoms with van der Waals surface area (Å²) in [6, 6.07) is 2.03. The predicted octanol–water partition coefficient (Wildman–Crippen LogP) is 2.32. The van der Waals surface area contributed by atoms with E-state index in [4.69, 9.17) is 10.5 Å². The van der Waals surface area contributed by atoms with Crippen LogP contribution < -0.4 is 16.4 Å². The first-order chi connectivity index (χ1) is 32.2. The van der Waals surface area contributed by atoms with Gasteiger partial charge in [-0.2, -0.15) is 4.31 Å². The van der Waals surface area contributed by atoms with Crippen molar-refractivity contribution in [2.24, 2.45) is 34.8 Å². The fourth-order valence-electron chi connectivity index (χ4n) is 10.3. The Bertz CT molecular complexity index is 1550. The SMILES string of the molecule is CC(C)(C)N1CC2CNCC(C1)O2.CC(C)C(=O)N1CCN(C)CC1.CC(C)CN1CCN(C)CC1.CC(C)N1CC2(CNC2)C1.CC(C)N1CC2C(N)C2C1.CC(C)S(=O)(=O)N1CCN(C)CC1. The fraction of sp³-hybridized carbons (Fsp3) is 0.981. The van der Waals surface area contributed by atoms with Crippen LogP contribution in [-0.2, 0) is 19.6 Å². The molecule has 69 heavy (non-hydrogen) atoms. The second-order valence-electron chi connectivity index (χ2n) is 24.7. The van der Waals surface area contributed by atoms with E-state index in [1.54, 1.807) is 18.2 Å². The van der Waals surface area contributed by atoms with Gasteiger partial charge in [0, 0.05) is 186 Å². The zero-order valence-electron chi connectivity index (χ0n) is 47.2. The maximum Gasteiger partial charge on any atom is 0.225 e. The maximum atomic E-state index is 11.7. The number of nitrogens with two attached hydrogens (primary N) is 1.